The van der Waals surface area contributed by atoms with Crippen molar-refractivity contribution in [3.63, 3.8) is 0 Å². The van der Waals surface area contributed by atoms with Crippen molar-refractivity contribution in [2.24, 2.45) is 0 Å². The summed E-state index contributed by atoms with van der Waals surface area (Å²) in [6.45, 7) is 0. The third-order valence-corrected chi connectivity index (χ3v) is 3.27. The second-order valence-corrected chi connectivity index (χ2v) is 4.93. The van der Waals surface area contributed by atoms with E-state index in [1.54, 1.807) is 12.4 Å². The zero-order valence-corrected chi connectivity index (χ0v) is 11.5. The normalized spacial score (nSPS) is 10.6. The van der Waals surface area contributed by atoms with Crippen molar-refractivity contribution in [1.29, 1.82) is 0 Å². The van der Waals surface area contributed by atoms with E-state index < -0.39 is 0 Å². The van der Waals surface area contributed by atoms with E-state index in [2.05, 4.69) is 26.1 Å². The first-order chi connectivity index (χ1) is 9.25. The standard InChI is InChI=1S/C14H10BrN3O/c15-11-3-1-2-10(8-11)13-12(14(16)18-19-13)9-4-6-17-7-5-9/h1-8H,(H2,16,18). The van der Waals surface area contributed by atoms with Gasteiger partial charge in [0.1, 0.15) is 0 Å². The number of aromatic nitrogens is 2. The lowest BCUT2D eigenvalue weighted by molar-refractivity contribution is 0.436. The van der Waals surface area contributed by atoms with Crippen LogP contribution in [0.25, 0.3) is 22.5 Å². The van der Waals surface area contributed by atoms with E-state index in [1.165, 1.54) is 0 Å². The first-order valence-electron chi connectivity index (χ1n) is 5.67. The predicted octanol–water partition coefficient (Wildman–Crippen LogP) is 3.75. The van der Waals surface area contributed by atoms with E-state index in [0.29, 0.717) is 11.6 Å². The summed E-state index contributed by atoms with van der Waals surface area (Å²) in [5.74, 6) is 1.03. The molecule has 0 spiro atoms. The van der Waals surface area contributed by atoms with Gasteiger partial charge in [0.2, 0.25) is 0 Å². The summed E-state index contributed by atoms with van der Waals surface area (Å²) in [4.78, 5) is 4.00. The minimum Gasteiger partial charge on any atom is -0.380 e. The Morgan fingerprint density at radius 1 is 1.05 bits per heavy atom. The Labute approximate surface area is 118 Å². The molecule has 0 saturated carbocycles. The van der Waals surface area contributed by atoms with Crippen molar-refractivity contribution >= 4 is 21.7 Å². The van der Waals surface area contributed by atoms with Crippen molar-refractivity contribution in [2.75, 3.05) is 5.73 Å². The molecule has 0 saturated heterocycles. The molecule has 5 heteroatoms. The first kappa shape index (κ1) is 11.9. The molecule has 19 heavy (non-hydrogen) atoms. The summed E-state index contributed by atoms with van der Waals surface area (Å²) in [7, 11) is 0. The lowest BCUT2D eigenvalue weighted by atomic mass is 10.0. The van der Waals surface area contributed by atoms with Gasteiger partial charge in [-0.1, -0.05) is 33.2 Å². The fourth-order valence-electron chi connectivity index (χ4n) is 1.93. The number of pyridine rings is 1. The maximum Gasteiger partial charge on any atom is 0.176 e. The molecule has 0 fully saturated rings. The molecule has 0 amide bonds. The van der Waals surface area contributed by atoms with Crippen molar-refractivity contribution in [3.05, 3.63) is 53.3 Å². The minimum absolute atomic E-state index is 0.376. The molecule has 0 radical (unpaired) electrons. The van der Waals surface area contributed by atoms with Crippen LogP contribution in [0.1, 0.15) is 0 Å². The van der Waals surface area contributed by atoms with Crippen LogP contribution in [0.15, 0.2) is 57.8 Å². The molecular weight excluding hydrogens is 306 g/mol. The predicted molar refractivity (Wildman–Crippen MR) is 77.3 cm³/mol. The molecule has 3 aromatic rings. The van der Waals surface area contributed by atoms with E-state index in [1.807, 2.05) is 36.4 Å². The van der Waals surface area contributed by atoms with E-state index in [9.17, 15) is 0 Å². The van der Waals surface area contributed by atoms with E-state index >= 15 is 0 Å². The molecule has 0 aliphatic heterocycles. The highest BCUT2D eigenvalue weighted by atomic mass is 79.9. The van der Waals surface area contributed by atoms with Gasteiger partial charge in [-0.2, -0.15) is 0 Å². The first-order valence-corrected chi connectivity index (χ1v) is 6.46. The second-order valence-electron chi connectivity index (χ2n) is 4.02. The van der Waals surface area contributed by atoms with Gasteiger partial charge >= 0.3 is 0 Å². The van der Waals surface area contributed by atoms with Crippen LogP contribution >= 0.6 is 15.9 Å². The van der Waals surface area contributed by atoms with Gasteiger partial charge in [-0.15, -0.1) is 0 Å². The molecule has 1 aromatic carbocycles. The van der Waals surface area contributed by atoms with Gasteiger partial charge in [-0.05, 0) is 29.8 Å². The van der Waals surface area contributed by atoms with Crippen LogP contribution in [0.2, 0.25) is 0 Å². The quantitative estimate of drug-likeness (QED) is 0.782. The fourth-order valence-corrected chi connectivity index (χ4v) is 2.33. The minimum atomic E-state index is 0.376. The Kier molecular flexibility index (Phi) is 3.05. The highest BCUT2D eigenvalue weighted by molar-refractivity contribution is 9.10. The molecule has 4 nitrogen and oxygen atoms in total. The van der Waals surface area contributed by atoms with Crippen LogP contribution in [0, 0.1) is 0 Å². The highest BCUT2D eigenvalue weighted by Gasteiger charge is 2.17. The van der Waals surface area contributed by atoms with Crippen LogP contribution in [0.4, 0.5) is 5.82 Å². The number of nitrogens with two attached hydrogens (primary N) is 1. The van der Waals surface area contributed by atoms with Crippen LogP contribution in [0.3, 0.4) is 0 Å². The van der Waals surface area contributed by atoms with Crippen molar-refractivity contribution in [3.8, 4) is 22.5 Å². The average molecular weight is 316 g/mol. The summed E-state index contributed by atoms with van der Waals surface area (Å²) < 4.78 is 6.35. The molecular formula is C14H10BrN3O. The summed E-state index contributed by atoms with van der Waals surface area (Å²) in [5, 5.41) is 3.87. The summed E-state index contributed by atoms with van der Waals surface area (Å²) in [6, 6.07) is 11.6. The number of nitrogen functional groups attached to an aromatic ring is 1. The Balaban J connectivity index is 2.19. The van der Waals surface area contributed by atoms with E-state index in [0.717, 1.165) is 21.2 Å². The van der Waals surface area contributed by atoms with Gasteiger partial charge < -0.3 is 10.3 Å². The molecule has 3 rings (SSSR count). The molecule has 0 aliphatic carbocycles. The Bertz CT molecular complexity index is 710. The Morgan fingerprint density at radius 3 is 2.58 bits per heavy atom. The molecule has 0 bridgehead atoms. The van der Waals surface area contributed by atoms with Crippen LogP contribution in [-0.2, 0) is 0 Å². The smallest absolute Gasteiger partial charge is 0.176 e. The number of benzene rings is 1. The van der Waals surface area contributed by atoms with Gasteiger partial charge in [0.15, 0.2) is 11.6 Å². The summed E-state index contributed by atoms with van der Waals surface area (Å²) in [5.41, 5.74) is 8.56. The topological polar surface area (TPSA) is 64.9 Å². The molecule has 2 N–H and O–H groups in total. The van der Waals surface area contributed by atoms with E-state index in [4.69, 9.17) is 10.3 Å². The molecule has 94 valence electrons. The molecule has 2 heterocycles. The monoisotopic (exact) mass is 315 g/mol. The van der Waals surface area contributed by atoms with Gasteiger partial charge in [0.05, 0.1) is 5.56 Å². The lowest BCUT2D eigenvalue weighted by Crippen LogP contribution is -1.89. The molecule has 0 atom stereocenters. The molecule has 0 aliphatic rings. The number of anilines is 1. The SMILES string of the molecule is Nc1noc(-c2cccc(Br)c2)c1-c1ccncc1. The molecule has 0 unspecified atom stereocenters. The fraction of sp³-hybridized carbons (Fsp3) is 0. The Morgan fingerprint density at radius 2 is 1.84 bits per heavy atom. The van der Waals surface area contributed by atoms with Gasteiger partial charge in [0, 0.05) is 22.4 Å². The average Bonchev–Trinajstić information content (AvgIpc) is 2.82. The number of rotatable bonds is 2. The summed E-state index contributed by atoms with van der Waals surface area (Å²) >= 11 is 3.44. The number of halogens is 1. The second kappa shape index (κ2) is 4.85. The number of hydrogen-bond acceptors (Lipinski definition) is 4. The zero-order chi connectivity index (χ0) is 13.2. The van der Waals surface area contributed by atoms with E-state index in [-0.39, 0.29) is 0 Å². The largest absolute Gasteiger partial charge is 0.380 e. The third kappa shape index (κ3) is 2.24. The number of hydrogen-bond donors (Lipinski definition) is 1. The van der Waals surface area contributed by atoms with Crippen molar-refractivity contribution in [2.45, 2.75) is 0 Å². The van der Waals surface area contributed by atoms with Crippen LogP contribution < -0.4 is 5.73 Å². The maximum atomic E-state index is 5.91. The van der Waals surface area contributed by atoms with Crippen molar-refractivity contribution < 1.29 is 4.52 Å². The van der Waals surface area contributed by atoms with Crippen LogP contribution in [0.5, 0.6) is 0 Å². The van der Waals surface area contributed by atoms with Crippen LogP contribution in [-0.4, -0.2) is 10.1 Å². The zero-order valence-electron chi connectivity index (χ0n) is 9.88. The Hall–Kier alpha value is -2.14. The van der Waals surface area contributed by atoms with Gasteiger partial charge in [-0.3, -0.25) is 4.98 Å². The van der Waals surface area contributed by atoms with Crippen molar-refractivity contribution in [1.82, 2.24) is 10.1 Å². The van der Waals surface area contributed by atoms with Gasteiger partial charge in [-0.25, -0.2) is 0 Å². The summed E-state index contributed by atoms with van der Waals surface area (Å²) in [6.07, 6.45) is 3.43. The van der Waals surface area contributed by atoms with Gasteiger partial charge in [0.25, 0.3) is 0 Å². The number of nitrogens with zero attached hydrogens (tertiary/aromatic N) is 2. The maximum absolute atomic E-state index is 5.91. The highest BCUT2D eigenvalue weighted by Crippen LogP contribution is 2.36. The third-order valence-electron chi connectivity index (χ3n) is 2.77. The lowest BCUT2D eigenvalue weighted by Gasteiger charge is -2.02. The molecule has 2 aromatic heterocycles.